The quantitative estimate of drug-likeness (QED) is 0.853. The molecular formula is C22H29N3O3. The second-order valence-electron chi connectivity index (χ2n) is 8.21. The summed E-state index contributed by atoms with van der Waals surface area (Å²) in [5.74, 6) is 0.566. The normalized spacial score (nSPS) is 22.9. The third-order valence-electron chi connectivity index (χ3n) is 6.16. The van der Waals surface area contributed by atoms with E-state index in [1.54, 1.807) is 11.2 Å². The Hall–Kier alpha value is -2.50. The summed E-state index contributed by atoms with van der Waals surface area (Å²) in [6, 6.07) is 7.67. The molecule has 2 aromatic heterocycles. The average molecular weight is 383 g/mol. The first-order chi connectivity index (χ1) is 13.5. The standard InChI is InChI=1S/C22H29N3O3/c1-3-13-25-20(26)18-12-11-17(19-10-7-14-28-19)24(18)15-22(25,2)21(27)23-16-8-5-4-6-9-16/h7,10-12,14,16H,3-6,8-9,13,15H2,1-2H3,(H,23,27). The highest BCUT2D eigenvalue weighted by molar-refractivity contribution is 6.00. The minimum atomic E-state index is -0.919. The van der Waals surface area contributed by atoms with E-state index in [-0.39, 0.29) is 17.9 Å². The fraction of sp³-hybridized carbons (Fsp3) is 0.545. The van der Waals surface area contributed by atoms with Crippen molar-refractivity contribution in [2.24, 2.45) is 0 Å². The summed E-state index contributed by atoms with van der Waals surface area (Å²) in [5, 5.41) is 3.25. The SMILES string of the molecule is CCCN1C(=O)c2ccc(-c3ccco3)n2CC1(C)C(=O)NC1CCCCC1. The van der Waals surface area contributed by atoms with E-state index < -0.39 is 5.54 Å². The second-order valence-corrected chi connectivity index (χ2v) is 8.21. The number of hydrogen-bond donors (Lipinski definition) is 1. The molecule has 150 valence electrons. The van der Waals surface area contributed by atoms with E-state index in [1.807, 2.05) is 42.7 Å². The summed E-state index contributed by atoms with van der Waals surface area (Å²) in [6.07, 6.45) is 8.03. The highest BCUT2D eigenvalue weighted by Gasteiger charge is 2.47. The molecule has 0 aromatic carbocycles. The van der Waals surface area contributed by atoms with Crippen LogP contribution in [0.5, 0.6) is 0 Å². The van der Waals surface area contributed by atoms with Crippen molar-refractivity contribution in [1.82, 2.24) is 14.8 Å². The van der Waals surface area contributed by atoms with Crippen LogP contribution in [0.2, 0.25) is 0 Å². The maximum atomic E-state index is 13.4. The van der Waals surface area contributed by atoms with Crippen LogP contribution in [-0.4, -0.2) is 39.4 Å². The molecule has 2 aromatic rings. The zero-order valence-electron chi connectivity index (χ0n) is 16.7. The third kappa shape index (κ3) is 3.15. The number of nitrogens with one attached hydrogen (secondary N) is 1. The molecule has 1 saturated carbocycles. The van der Waals surface area contributed by atoms with Gasteiger partial charge >= 0.3 is 0 Å². The fourth-order valence-corrected chi connectivity index (χ4v) is 4.57. The van der Waals surface area contributed by atoms with Crippen LogP contribution in [0.25, 0.3) is 11.5 Å². The minimum Gasteiger partial charge on any atom is -0.463 e. The van der Waals surface area contributed by atoms with E-state index >= 15 is 0 Å². The Balaban J connectivity index is 1.68. The highest BCUT2D eigenvalue weighted by Crippen LogP contribution is 2.33. The van der Waals surface area contributed by atoms with Crippen molar-refractivity contribution in [3.63, 3.8) is 0 Å². The van der Waals surface area contributed by atoms with Gasteiger partial charge in [-0.3, -0.25) is 9.59 Å². The minimum absolute atomic E-state index is 0.0501. The van der Waals surface area contributed by atoms with Gasteiger partial charge in [0, 0.05) is 12.6 Å². The Morgan fingerprint density at radius 3 is 2.64 bits per heavy atom. The Kier molecular flexibility index (Phi) is 5.04. The van der Waals surface area contributed by atoms with Crippen molar-refractivity contribution >= 4 is 11.8 Å². The molecule has 2 amide bonds. The zero-order chi connectivity index (χ0) is 19.7. The first-order valence-corrected chi connectivity index (χ1v) is 10.4. The van der Waals surface area contributed by atoms with Crippen LogP contribution in [-0.2, 0) is 11.3 Å². The lowest BCUT2D eigenvalue weighted by Gasteiger charge is -2.45. The van der Waals surface area contributed by atoms with E-state index in [9.17, 15) is 9.59 Å². The number of carbonyl (C=O) groups is 2. The molecule has 1 fully saturated rings. The van der Waals surface area contributed by atoms with Gasteiger partial charge in [0.2, 0.25) is 5.91 Å². The molecule has 1 atom stereocenters. The van der Waals surface area contributed by atoms with E-state index in [1.165, 1.54) is 6.42 Å². The molecule has 0 spiro atoms. The largest absolute Gasteiger partial charge is 0.463 e. The molecule has 0 radical (unpaired) electrons. The van der Waals surface area contributed by atoms with Gasteiger partial charge < -0.3 is 19.2 Å². The number of aromatic nitrogens is 1. The van der Waals surface area contributed by atoms with Crippen LogP contribution in [0, 0.1) is 0 Å². The zero-order valence-corrected chi connectivity index (χ0v) is 16.7. The number of furan rings is 1. The van der Waals surface area contributed by atoms with Gasteiger partial charge in [0.05, 0.1) is 18.5 Å². The van der Waals surface area contributed by atoms with Gasteiger partial charge in [-0.05, 0) is 50.5 Å². The van der Waals surface area contributed by atoms with E-state index in [0.29, 0.717) is 24.5 Å². The van der Waals surface area contributed by atoms with Crippen molar-refractivity contribution in [3.05, 3.63) is 36.2 Å². The van der Waals surface area contributed by atoms with Crippen molar-refractivity contribution in [3.8, 4) is 11.5 Å². The summed E-state index contributed by atoms with van der Waals surface area (Å²) in [5.41, 5.74) is 0.529. The Morgan fingerprint density at radius 1 is 1.21 bits per heavy atom. The van der Waals surface area contributed by atoms with Gasteiger partial charge in [0.25, 0.3) is 5.91 Å². The molecule has 4 rings (SSSR count). The number of nitrogens with zero attached hydrogens (tertiary/aromatic N) is 2. The van der Waals surface area contributed by atoms with E-state index in [4.69, 9.17) is 4.42 Å². The molecule has 1 unspecified atom stereocenters. The lowest BCUT2D eigenvalue weighted by molar-refractivity contribution is -0.133. The molecular weight excluding hydrogens is 354 g/mol. The summed E-state index contributed by atoms with van der Waals surface area (Å²) in [4.78, 5) is 28.5. The fourth-order valence-electron chi connectivity index (χ4n) is 4.57. The predicted molar refractivity (Wildman–Crippen MR) is 107 cm³/mol. The molecule has 0 bridgehead atoms. The summed E-state index contributed by atoms with van der Waals surface area (Å²) < 4.78 is 7.50. The number of hydrogen-bond acceptors (Lipinski definition) is 3. The molecule has 2 aliphatic rings. The van der Waals surface area contributed by atoms with Crippen molar-refractivity contribution < 1.29 is 14.0 Å². The Morgan fingerprint density at radius 2 is 1.96 bits per heavy atom. The maximum Gasteiger partial charge on any atom is 0.271 e. The van der Waals surface area contributed by atoms with Crippen molar-refractivity contribution in [2.75, 3.05) is 6.54 Å². The van der Waals surface area contributed by atoms with Gasteiger partial charge in [0.1, 0.15) is 17.0 Å². The Bertz CT molecular complexity index is 849. The van der Waals surface area contributed by atoms with E-state index in [2.05, 4.69) is 5.32 Å². The Labute approximate surface area is 165 Å². The van der Waals surface area contributed by atoms with Gasteiger partial charge in [0.15, 0.2) is 0 Å². The van der Waals surface area contributed by atoms with Gasteiger partial charge in [-0.1, -0.05) is 26.2 Å². The first-order valence-electron chi connectivity index (χ1n) is 10.4. The van der Waals surface area contributed by atoms with Crippen LogP contribution in [0.15, 0.2) is 34.9 Å². The second kappa shape index (κ2) is 7.49. The van der Waals surface area contributed by atoms with Crippen molar-refractivity contribution in [1.29, 1.82) is 0 Å². The molecule has 1 aliphatic heterocycles. The van der Waals surface area contributed by atoms with Gasteiger partial charge in [-0.25, -0.2) is 0 Å². The number of amides is 2. The molecule has 6 nitrogen and oxygen atoms in total. The predicted octanol–water partition coefficient (Wildman–Crippen LogP) is 3.82. The molecule has 28 heavy (non-hydrogen) atoms. The monoisotopic (exact) mass is 383 g/mol. The lowest BCUT2D eigenvalue weighted by atomic mass is 9.91. The summed E-state index contributed by atoms with van der Waals surface area (Å²) in [7, 11) is 0. The van der Waals surface area contributed by atoms with Gasteiger partial charge in [-0.15, -0.1) is 0 Å². The van der Waals surface area contributed by atoms with Crippen LogP contribution >= 0.6 is 0 Å². The van der Waals surface area contributed by atoms with Crippen LogP contribution in [0.1, 0.15) is 62.9 Å². The third-order valence-corrected chi connectivity index (χ3v) is 6.16. The molecule has 6 heteroatoms. The lowest BCUT2D eigenvalue weighted by Crippen LogP contribution is -2.65. The van der Waals surface area contributed by atoms with Crippen LogP contribution in [0.3, 0.4) is 0 Å². The van der Waals surface area contributed by atoms with E-state index in [0.717, 1.165) is 37.8 Å². The molecule has 0 saturated heterocycles. The highest BCUT2D eigenvalue weighted by atomic mass is 16.3. The topological polar surface area (TPSA) is 67.5 Å². The number of rotatable bonds is 5. The average Bonchev–Trinajstić information content (AvgIpc) is 3.35. The first kappa shape index (κ1) is 18.8. The smallest absolute Gasteiger partial charge is 0.271 e. The summed E-state index contributed by atoms with van der Waals surface area (Å²) >= 11 is 0. The number of carbonyl (C=O) groups excluding carboxylic acids is 2. The van der Waals surface area contributed by atoms with Gasteiger partial charge in [-0.2, -0.15) is 0 Å². The van der Waals surface area contributed by atoms with Crippen LogP contribution in [0.4, 0.5) is 0 Å². The van der Waals surface area contributed by atoms with Crippen molar-refractivity contribution in [2.45, 2.75) is 70.5 Å². The van der Waals surface area contributed by atoms with Crippen LogP contribution < -0.4 is 5.32 Å². The molecule has 1 aliphatic carbocycles. The maximum absolute atomic E-state index is 13.4. The molecule has 1 N–H and O–H groups in total. The molecule has 3 heterocycles. The number of fused-ring (bicyclic) bond motifs is 1. The summed E-state index contributed by atoms with van der Waals surface area (Å²) in [6.45, 7) is 4.92.